The van der Waals surface area contributed by atoms with Gasteiger partial charge in [0.25, 0.3) is 0 Å². The minimum atomic E-state index is 0.141. The smallest absolute Gasteiger partial charge is 0.226 e. The number of rotatable bonds is 7. The summed E-state index contributed by atoms with van der Waals surface area (Å²) in [6.45, 7) is 1.62. The van der Waals surface area contributed by atoms with Crippen molar-refractivity contribution in [3.63, 3.8) is 0 Å². The lowest BCUT2D eigenvalue weighted by Crippen LogP contribution is -2.31. The maximum absolute atomic E-state index is 12.7. The fourth-order valence-electron chi connectivity index (χ4n) is 4.25. The first-order chi connectivity index (χ1) is 15.2. The molecule has 0 spiro atoms. The zero-order valence-corrected chi connectivity index (χ0v) is 18.4. The summed E-state index contributed by atoms with van der Waals surface area (Å²) in [6, 6.07) is 25.1. The normalized spacial score (nSPS) is 12.5. The predicted molar refractivity (Wildman–Crippen MR) is 126 cm³/mol. The van der Waals surface area contributed by atoms with Crippen LogP contribution in [0, 0.1) is 0 Å². The third-order valence-electron chi connectivity index (χ3n) is 6.04. The quantitative estimate of drug-likeness (QED) is 0.544. The Hall–Kier alpha value is -3.27. The van der Waals surface area contributed by atoms with Crippen LogP contribution in [0.2, 0.25) is 0 Å². The molecule has 4 nitrogen and oxygen atoms in total. The summed E-state index contributed by atoms with van der Waals surface area (Å²) in [5, 5.41) is 0. The van der Waals surface area contributed by atoms with Gasteiger partial charge < -0.3 is 14.5 Å². The van der Waals surface area contributed by atoms with Gasteiger partial charge in [-0.05, 0) is 60.2 Å². The van der Waals surface area contributed by atoms with E-state index in [0.717, 1.165) is 43.7 Å². The zero-order chi connectivity index (χ0) is 21.6. The number of amides is 1. The number of carbonyl (C=O) groups excluding carboxylic acids is 1. The van der Waals surface area contributed by atoms with Crippen LogP contribution < -0.4 is 9.64 Å². The Labute approximate surface area is 185 Å². The highest BCUT2D eigenvalue weighted by Gasteiger charge is 2.20. The highest BCUT2D eigenvalue weighted by Crippen LogP contribution is 2.35. The number of para-hydroxylation sites is 2. The molecular weight excluding hydrogens is 384 g/mol. The molecule has 0 aromatic heterocycles. The molecule has 0 N–H and O–H groups in total. The second-order valence-electron chi connectivity index (χ2n) is 8.10. The van der Waals surface area contributed by atoms with E-state index in [1.54, 1.807) is 7.11 Å². The van der Waals surface area contributed by atoms with Crippen molar-refractivity contribution in [1.82, 2.24) is 4.90 Å². The van der Waals surface area contributed by atoms with Crippen molar-refractivity contribution >= 4 is 17.3 Å². The van der Waals surface area contributed by atoms with Gasteiger partial charge in [0.1, 0.15) is 5.75 Å². The topological polar surface area (TPSA) is 32.8 Å². The van der Waals surface area contributed by atoms with Gasteiger partial charge in [-0.2, -0.15) is 0 Å². The average molecular weight is 415 g/mol. The third-order valence-corrected chi connectivity index (χ3v) is 6.04. The van der Waals surface area contributed by atoms with Crippen molar-refractivity contribution in [2.75, 3.05) is 32.1 Å². The van der Waals surface area contributed by atoms with Crippen LogP contribution in [0.15, 0.2) is 72.8 Å². The molecule has 0 aliphatic carbocycles. The molecule has 0 atom stereocenters. The monoisotopic (exact) mass is 414 g/mol. The number of aryl methyl sites for hydroxylation is 2. The minimum absolute atomic E-state index is 0.141. The van der Waals surface area contributed by atoms with E-state index in [2.05, 4.69) is 53.4 Å². The molecule has 1 aliphatic heterocycles. The SMILES string of the molecule is COc1ccc(CC(=O)N(C)CCCN2c3ccccc3CCc3ccccc32)cc1. The Morgan fingerprint density at radius 1 is 0.903 bits per heavy atom. The van der Waals surface area contributed by atoms with Gasteiger partial charge >= 0.3 is 0 Å². The molecular formula is C27H30N2O2. The molecule has 4 heteroatoms. The van der Waals surface area contributed by atoms with Crippen molar-refractivity contribution in [1.29, 1.82) is 0 Å². The molecule has 4 rings (SSSR count). The van der Waals surface area contributed by atoms with Gasteiger partial charge in [0.15, 0.2) is 0 Å². The first-order valence-electron chi connectivity index (χ1n) is 11.0. The highest BCUT2D eigenvalue weighted by atomic mass is 16.5. The van der Waals surface area contributed by atoms with Crippen LogP contribution in [-0.4, -0.2) is 38.1 Å². The molecule has 1 aliphatic rings. The molecule has 1 heterocycles. The molecule has 0 unspecified atom stereocenters. The number of carbonyl (C=O) groups is 1. The summed E-state index contributed by atoms with van der Waals surface area (Å²) in [4.78, 5) is 17.0. The molecule has 1 amide bonds. The molecule has 31 heavy (non-hydrogen) atoms. The van der Waals surface area contributed by atoms with Crippen LogP contribution >= 0.6 is 0 Å². The largest absolute Gasteiger partial charge is 0.497 e. The third kappa shape index (κ3) is 4.91. The summed E-state index contributed by atoms with van der Waals surface area (Å²) in [5.41, 5.74) is 6.37. The first-order valence-corrected chi connectivity index (χ1v) is 11.0. The van der Waals surface area contributed by atoms with Crippen LogP contribution in [0.3, 0.4) is 0 Å². The molecule has 3 aromatic carbocycles. The summed E-state index contributed by atoms with van der Waals surface area (Å²) in [6.07, 6.45) is 3.44. The fourth-order valence-corrected chi connectivity index (χ4v) is 4.25. The maximum atomic E-state index is 12.7. The van der Waals surface area contributed by atoms with E-state index in [0.29, 0.717) is 6.42 Å². The number of hydrogen-bond donors (Lipinski definition) is 0. The molecule has 0 bridgehead atoms. The van der Waals surface area contributed by atoms with Gasteiger partial charge in [0, 0.05) is 31.5 Å². The van der Waals surface area contributed by atoms with E-state index in [-0.39, 0.29) is 5.91 Å². The van der Waals surface area contributed by atoms with Gasteiger partial charge in [0.2, 0.25) is 5.91 Å². The number of nitrogens with zero attached hydrogens (tertiary/aromatic N) is 2. The Morgan fingerprint density at radius 2 is 1.48 bits per heavy atom. The summed E-state index contributed by atoms with van der Waals surface area (Å²) in [5.74, 6) is 0.949. The van der Waals surface area contributed by atoms with E-state index >= 15 is 0 Å². The number of methoxy groups -OCH3 is 1. The van der Waals surface area contributed by atoms with E-state index < -0.39 is 0 Å². The van der Waals surface area contributed by atoms with E-state index in [1.165, 1.54) is 22.5 Å². The average Bonchev–Trinajstić information content (AvgIpc) is 2.97. The fraction of sp³-hybridized carbons (Fsp3) is 0.296. The van der Waals surface area contributed by atoms with E-state index in [9.17, 15) is 4.79 Å². The Kier molecular flexibility index (Phi) is 6.56. The number of benzene rings is 3. The van der Waals surface area contributed by atoms with Gasteiger partial charge in [-0.3, -0.25) is 4.79 Å². The van der Waals surface area contributed by atoms with E-state index in [4.69, 9.17) is 4.74 Å². The zero-order valence-electron chi connectivity index (χ0n) is 18.4. The van der Waals surface area contributed by atoms with Crippen molar-refractivity contribution in [2.45, 2.75) is 25.7 Å². The lowest BCUT2D eigenvalue weighted by molar-refractivity contribution is -0.129. The number of fused-ring (bicyclic) bond motifs is 2. The molecule has 0 saturated heterocycles. The minimum Gasteiger partial charge on any atom is -0.497 e. The molecule has 3 aromatic rings. The Morgan fingerprint density at radius 3 is 2.06 bits per heavy atom. The highest BCUT2D eigenvalue weighted by molar-refractivity contribution is 5.78. The summed E-state index contributed by atoms with van der Waals surface area (Å²) in [7, 11) is 3.55. The molecule has 160 valence electrons. The lowest BCUT2D eigenvalue weighted by Gasteiger charge is -2.28. The molecule has 0 radical (unpaired) electrons. The Balaban J connectivity index is 1.40. The molecule has 0 fully saturated rings. The van der Waals surface area contributed by atoms with Crippen molar-refractivity contribution in [3.05, 3.63) is 89.5 Å². The summed E-state index contributed by atoms with van der Waals surface area (Å²) >= 11 is 0. The summed E-state index contributed by atoms with van der Waals surface area (Å²) < 4.78 is 5.19. The van der Waals surface area contributed by atoms with Crippen LogP contribution in [0.5, 0.6) is 5.75 Å². The first kappa shape index (κ1) is 21.0. The van der Waals surface area contributed by atoms with Crippen molar-refractivity contribution in [2.24, 2.45) is 0 Å². The maximum Gasteiger partial charge on any atom is 0.226 e. The van der Waals surface area contributed by atoms with Gasteiger partial charge in [-0.15, -0.1) is 0 Å². The van der Waals surface area contributed by atoms with Gasteiger partial charge in [-0.1, -0.05) is 48.5 Å². The Bertz CT molecular complexity index is 982. The van der Waals surface area contributed by atoms with Crippen LogP contribution in [-0.2, 0) is 24.1 Å². The van der Waals surface area contributed by atoms with Gasteiger partial charge in [0.05, 0.1) is 13.5 Å². The molecule has 0 saturated carbocycles. The number of anilines is 2. The lowest BCUT2D eigenvalue weighted by atomic mass is 10.0. The van der Waals surface area contributed by atoms with Gasteiger partial charge in [-0.25, -0.2) is 0 Å². The number of ether oxygens (including phenoxy) is 1. The van der Waals surface area contributed by atoms with Crippen LogP contribution in [0.4, 0.5) is 11.4 Å². The number of hydrogen-bond acceptors (Lipinski definition) is 3. The van der Waals surface area contributed by atoms with Crippen LogP contribution in [0.1, 0.15) is 23.1 Å². The second kappa shape index (κ2) is 9.69. The van der Waals surface area contributed by atoms with E-state index in [1.807, 2.05) is 36.2 Å². The van der Waals surface area contributed by atoms with Crippen molar-refractivity contribution in [3.8, 4) is 5.75 Å². The van der Waals surface area contributed by atoms with Crippen molar-refractivity contribution < 1.29 is 9.53 Å². The standard InChI is InChI=1S/C27H30N2O2/c1-28(27(30)20-21-12-16-24(31-2)17-13-21)18-7-19-29-25-10-5-3-8-22(25)14-15-23-9-4-6-11-26(23)29/h3-6,8-13,16-17H,7,14-15,18-20H2,1-2H3. The van der Waals surface area contributed by atoms with Crippen LogP contribution in [0.25, 0.3) is 0 Å². The number of likely N-dealkylation sites (N-methyl/N-ethyl adjacent to an activating group) is 1. The predicted octanol–water partition coefficient (Wildman–Crippen LogP) is 5.02. The second-order valence-corrected chi connectivity index (χ2v) is 8.10.